The Morgan fingerprint density at radius 3 is 2.43 bits per heavy atom. The minimum atomic E-state index is -0.610. The van der Waals surface area contributed by atoms with Crippen LogP contribution in [0, 0.1) is 6.92 Å². The average molecular weight is 376 g/mol. The largest absolute Gasteiger partial charge is 0.483 e. The highest BCUT2D eigenvalue weighted by atomic mass is 16.5. The number of primary amides is 1. The number of carbonyl (C=O) groups is 2. The molecule has 0 saturated carbocycles. The summed E-state index contributed by atoms with van der Waals surface area (Å²) in [5, 5.41) is 2.74. The number of hydrogen-bond acceptors (Lipinski definition) is 4. The van der Waals surface area contributed by atoms with Crippen molar-refractivity contribution in [2.75, 3.05) is 11.9 Å². The van der Waals surface area contributed by atoms with E-state index in [1.807, 2.05) is 37.3 Å². The van der Waals surface area contributed by atoms with Gasteiger partial charge in [-0.15, -0.1) is 0 Å². The molecule has 0 atom stereocenters. The first-order valence-electron chi connectivity index (χ1n) is 8.67. The van der Waals surface area contributed by atoms with E-state index in [9.17, 15) is 9.59 Å². The molecule has 142 valence electrons. The van der Waals surface area contributed by atoms with Crippen molar-refractivity contribution in [1.29, 1.82) is 0 Å². The van der Waals surface area contributed by atoms with E-state index in [1.165, 1.54) is 0 Å². The molecule has 3 aromatic rings. The standard InChI is InChI=1S/C22H20N2O4/c1-15-10-11-19(22(23)26)20(12-15)27-14-21(25)24-16-6-5-9-18(13-16)28-17-7-3-2-4-8-17/h2-13H,14H2,1H3,(H2,23,26)(H,24,25). The summed E-state index contributed by atoms with van der Waals surface area (Å²) >= 11 is 0. The number of benzene rings is 3. The van der Waals surface area contributed by atoms with Gasteiger partial charge in [-0.3, -0.25) is 9.59 Å². The Bertz CT molecular complexity index is 987. The van der Waals surface area contributed by atoms with Crippen molar-refractivity contribution in [3.8, 4) is 17.2 Å². The highest BCUT2D eigenvalue weighted by Crippen LogP contribution is 2.24. The van der Waals surface area contributed by atoms with E-state index in [1.54, 1.807) is 42.5 Å². The van der Waals surface area contributed by atoms with Gasteiger partial charge in [0.25, 0.3) is 11.8 Å². The SMILES string of the molecule is Cc1ccc(C(N)=O)c(OCC(=O)Nc2cccc(Oc3ccccc3)c2)c1. The van der Waals surface area contributed by atoms with Crippen LogP contribution in [0.2, 0.25) is 0 Å². The first kappa shape index (κ1) is 19.0. The maximum absolute atomic E-state index is 12.2. The highest BCUT2D eigenvalue weighted by molar-refractivity contribution is 5.96. The number of nitrogens with one attached hydrogen (secondary N) is 1. The fraction of sp³-hybridized carbons (Fsp3) is 0.0909. The topological polar surface area (TPSA) is 90.7 Å². The normalized spacial score (nSPS) is 10.2. The third-order valence-corrected chi connectivity index (χ3v) is 3.86. The number of aryl methyl sites for hydroxylation is 1. The number of hydrogen-bond donors (Lipinski definition) is 2. The van der Waals surface area contributed by atoms with Gasteiger partial charge in [-0.05, 0) is 48.9 Å². The summed E-state index contributed by atoms with van der Waals surface area (Å²) in [4.78, 5) is 23.7. The van der Waals surface area contributed by atoms with Crippen LogP contribution in [-0.2, 0) is 4.79 Å². The van der Waals surface area contributed by atoms with Crippen LogP contribution in [0.3, 0.4) is 0 Å². The van der Waals surface area contributed by atoms with Gasteiger partial charge in [0.05, 0.1) is 5.56 Å². The molecule has 0 heterocycles. The lowest BCUT2D eigenvalue weighted by Crippen LogP contribution is -2.21. The second-order valence-electron chi connectivity index (χ2n) is 6.14. The van der Waals surface area contributed by atoms with E-state index in [4.69, 9.17) is 15.2 Å². The van der Waals surface area contributed by atoms with Crippen LogP contribution in [0.4, 0.5) is 5.69 Å². The number of para-hydroxylation sites is 1. The summed E-state index contributed by atoms with van der Waals surface area (Å²) in [6, 6.07) is 21.4. The summed E-state index contributed by atoms with van der Waals surface area (Å²) < 4.78 is 11.2. The summed E-state index contributed by atoms with van der Waals surface area (Å²) in [5.41, 5.74) is 7.04. The Balaban J connectivity index is 1.62. The molecule has 2 amide bonds. The lowest BCUT2D eigenvalue weighted by atomic mass is 10.1. The van der Waals surface area contributed by atoms with Gasteiger partial charge in [-0.25, -0.2) is 0 Å². The van der Waals surface area contributed by atoms with Gasteiger partial charge < -0.3 is 20.5 Å². The van der Waals surface area contributed by atoms with Crippen molar-refractivity contribution in [3.63, 3.8) is 0 Å². The first-order chi connectivity index (χ1) is 13.5. The molecular formula is C22H20N2O4. The monoisotopic (exact) mass is 376 g/mol. The zero-order valence-electron chi connectivity index (χ0n) is 15.3. The van der Waals surface area contributed by atoms with Gasteiger partial charge in [0.15, 0.2) is 6.61 Å². The molecule has 6 nitrogen and oxygen atoms in total. The van der Waals surface area contributed by atoms with Crippen LogP contribution in [0.25, 0.3) is 0 Å². The molecule has 0 saturated heterocycles. The molecule has 0 spiro atoms. The van der Waals surface area contributed by atoms with Crippen molar-refractivity contribution in [2.24, 2.45) is 5.73 Å². The molecule has 3 rings (SSSR count). The van der Waals surface area contributed by atoms with E-state index < -0.39 is 5.91 Å². The summed E-state index contributed by atoms with van der Waals surface area (Å²) in [6.07, 6.45) is 0. The van der Waals surface area contributed by atoms with E-state index >= 15 is 0 Å². The van der Waals surface area contributed by atoms with Crippen molar-refractivity contribution < 1.29 is 19.1 Å². The first-order valence-corrected chi connectivity index (χ1v) is 8.67. The number of anilines is 1. The van der Waals surface area contributed by atoms with Gasteiger partial charge in [-0.2, -0.15) is 0 Å². The number of carbonyl (C=O) groups excluding carboxylic acids is 2. The van der Waals surface area contributed by atoms with Crippen LogP contribution >= 0.6 is 0 Å². The highest BCUT2D eigenvalue weighted by Gasteiger charge is 2.12. The van der Waals surface area contributed by atoms with Gasteiger partial charge in [-0.1, -0.05) is 30.3 Å². The number of nitrogens with two attached hydrogens (primary N) is 1. The molecule has 0 unspecified atom stereocenters. The van der Waals surface area contributed by atoms with Crippen LogP contribution in [0.5, 0.6) is 17.2 Å². The second-order valence-corrected chi connectivity index (χ2v) is 6.14. The van der Waals surface area contributed by atoms with E-state index in [2.05, 4.69) is 5.32 Å². The summed E-state index contributed by atoms with van der Waals surface area (Å²) in [6.45, 7) is 1.60. The quantitative estimate of drug-likeness (QED) is 0.654. The van der Waals surface area contributed by atoms with Crippen molar-refractivity contribution in [1.82, 2.24) is 0 Å². The molecule has 3 N–H and O–H groups in total. The van der Waals surface area contributed by atoms with Crippen LogP contribution in [0.15, 0.2) is 72.8 Å². The van der Waals surface area contributed by atoms with Crippen LogP contribution < -0.4 is 20.5 Å². The lowest BCUT2D eigenvalue weighted by Gasteiger charge is -2.12. The fourth-order valence-corrected chi connectivity index (χ4v) is 2.55. The molecule has 0 aliphatic rings. The molecule has 0 bridgehead atoms. The average Bonchev–Trinajstić information content (AvgIpc) is 2.67. The van der Waals surface area contributed by atoms with Crippen LogP contribution in [0.1, 0.15) is 15.9 Å². The summed E-state index contributed by atoms with van der Waals surface area (Å²) in [5.74, 6) is 0.603. The zero-order chi connectivity index (χ0) is 19.9. The molecule has 3 aromatic carbocycles. The number of amides is 2. The Hall–Kier alpha value is -3.80. The predicted octanol–water partition coefficient (Wildman–Crippen LogP) is 3.90. The van der Waals surface area contributed by atoms with E-state index in [0.29, 0.717) is 17.2 Å². The smallest absolute Gasteiger partial charge is 0.262 e. The maximum Gasteiger partial charge on any atom is 0.262 e. The molecule has 0 aromatic heterocycles. The van der Waals surface area contributed by atoms with E-state index in [0.717, 1.165) is 5.56 Å². The lowest BCUT2D eigenvalue weighted by molar-refractivity contribution is -0.118. The predicted molar refractivity (Wildman–Crippen MR) is 107 cm³/mol. The second kappa shape index (κ2) is 8.73. The molecule has 28 heavy (non-hydrogen) atoms. The molecule has 0 aliphatic carbocycles. The van der Waals surface area contributed by atoms with Crippen molar-refractivity contribution in [3.05, 3.63) is 83.9 Å². The van der Waals surface area contributed by atoms with Gasteiger partial charge in [0.1, 0.15) is 17.2 Å². The minimum Gasteiger partial charge on any atom is -0.483 e. The molecule has 0 radical (unpaired) electrons. The third-order valence-electron chi connectivity index (χ3n) is 3.86. The van der Waals surface area contributed by atoms with Crippen molar-refractivity contribution in [2.45, 2.75) is 6.92 Å². The molecule has 0 aliphatic heterocycles. The minimum absolute atomic E-state index is 0.233. The van der Waals surface area contributed by atoms with Gasteiger partial charge in [0.2, 0.25) is 0 Å². The maximum atomic E-state index is 12.2. The van der Waals surface area contributed by atoms with Gasteiger partial charge >= 0.3 is 0 Å². The van der Waals surface area contributed by atoms with E-state index in [-0.39, 0.29) is 23.8 Å². The number of rotatable bonds is 7. The van der Waals surface area contributed by atoms with Crippen molar-refractivity contribution >= 4 is 17.5 Å². The Morgan fingerprint density at radius 1 is 0.929 bits per heavy atom. The summed E-state index contributed by atoms with van der Waals surface area (Å²) in [7, 11) is 0. The fourth-order valence-electron chi connectivity index (χ4n) is 2.55. The van der Waals surface area contributed by atoms with Crippen LogP contribution in [-0.4, -0.2) is 18.4 Å². The van der Waals surface area contributed by atoms with Gasteiger partial charge in [0, 0.05) is 11.8 Å². The molecule has 0 fully saturated rings. The zero-order valence-corrected chi connectivity index (χ0v) is 15.3. The Kier molecular flexibility index (Phi) is 5.91. The molecule has 6 heteroatoms. The number of ether oxygens (including phenoxy) is 2. The Labute approximate surface area is 162 Å². The third kappa shape index (κ3) is 5.11. The molecular weight excluding hydrogens is 356 g/mol. The Morgan fingerprint density at radius 2 is 1.68 bits per heavy atom.